The molecule has 8 aromatic carbocycles. The van der Waals surface area contributed by atoms with Crippen molar-refractivity contribution in [2.75, 3.05) is 0 Å². The number of allylic oxidation sites excluding steroid dienone is 8. The number of hydrogen-bond acceptors (Lipinski definition) is 8. The number of aromatic nitrogens is 2. The Labute approximate surface area is 484 Å². The van der Waals surface area contributed by atoms with Crippen LogP contribution in [-0.4, -0.2) is 9.13 Å². The van der Waals surface area contributed by atoms with Gasteiger partial charge >= 0.3 is 12.4 Å². The minimum absolute atomic E-state index is 0.000806. The van der Waals surface area contributed by atoms with E-state index in [1.54, 1.807) is 118 Å². The number of rotatable bonds is 5. The monoisotopic (exact) mass is 1130 g/mol. The Morgan fingerprint density at radius 2 is 0.674 bits per heavy atom. The van der Waals surface area contributed by atoms with Gasteiger partial charge in [-0.3, -0.25) is 0 Å². The highest BCUT2D eigenvalue weighted by atomic mass is 19.4. The second kappa shape index (κ2) is 20.8. The number of hydrogen-bond donors (Lipinski definition) is 0. The number of alkyl halides is 6. The normalized spacial score (nSPS) is 14.5. The van der Waals surface area contributed by atoms with Gasteiger partial charge in [0.1, 0.15) is 0 Å². The molecule has 10 aromatic rings. The van der Waals surface area contributed by atoms with E-state index in [0.717, 1.165) is 30.3 Å². The number of fused-ring (bicyclic) bond motifs is 6. The zero-order chi connectivity index (χ0) is 60.3. The van der Waals surface area contributed by atoms with Gasteiger partial charge in [-0.15, -0.1) is 0 Å². The van der Waals surface area contributed by atoms with Gasteiger partial charge in [-0.05, 0) is 176 Å². The maximum atomic E-state index is 15.8. The van der Waals surface area contributed by atoms with Gasteiger partial charge in [-0.1, -0.05) is 48.5 Å². The SMILES string of the molecule is N#CC1=CC(=c2ccc3c4ccc(=C5C=C(C#N)C=C(C#N)C5)cc4n(-c4ccc(C(F)(F)F)c(-c5cc(-n6c7cc(-c8cc(C#N)cc(C#N)c8)ccc7c7ccc(-c8cc(C#N)cc(C#N)c8)cc76)ccc5C(F)(F)F)c4)c3c2)CC(C#N)=C1. The molecule has 0 spiro atoms. The summed E-state index contributed by atoms with van der Waals surface area (Å²) in [6.07, 6.45) is -3.99. The first kappa shape index (κ1) is 54.2. The van der Waals surface area contributed by atoms with Gasteiger partial charge < -0.3 is 9.13 Å². The third-order valence-corrected chi connectivity index (χ3v) is 15.4. The molecule has 2 aromatic heterocycles. The average Bonchev–Trinajstić information content (AvgIpc) is 1.66. The minimum atomic E-state index is -5.23. The highest BCUT2D eigenvalue weighted by Crippen LogP contribution is 2.47. The van der Waals surface area contributed by atoms with Crippen LogP contribution in [0.4, 0.5) is 26.3 Å². The topological polar surface area (TPSA) is 200 Å². The molecule has 12 rings (SSSR count). The van der Waals surface area contributed by atoms with E-state index in [4.69, 9.17) is 0 Å². The van der Waals surface area contributed by atoms with Crippen LogP contribution in [0.1, 0.15) is 46.2 Å². The molecule has 0 saturated carbocycles. The van der Waals surface area contributed by atoms with Crippen molar-refractivity contribution in [2.24, 2.45) is 0 Å². The molecule has 0 amide bonds. The maximum absolute atomic E-state index is 15.8. The highest BCUT2D eigenvalue weighted by Gasteiger charge is 2.39. The summed E-state index contributed by atoms with van der Waals surface area (Å²) in [5.41, 5.74) is 1.93. The lowest BCUT2D eigenvalue weighted by Crippen LogP contribution is -2.13. The molecule has 2 heterocycles. The van der Waals surface area contributed by atoms with Gasteiger partial charge in [-0.2, -0.15) is 68.4 Å². The van der Waals surface area contributed by atoms with Crippen LogP contribution in [0, 0.1) is 90.6 Å². The summed E-state index contributed by atoms with van der Waals surface area (Å²) in [5.74, 6) is 0. The molecule has 16 heteroatoms. The first-order chi connectivity index (χ1) is 41.4. The Morgan fingerprint density at radius 3 is 1.00 bits per heavy atom. The number of nitrogens with zero attached hydrogens (tertiary/aromatic N) is 10. The molecule has 86 heavy (non-hydrogen) atoms. The minimum Gasteiger partial charge on any atom is -0.309 e. The van der Waals surface area contributed by atoms with Gasteiger partial charge in [0.25, 0.3) is 0 Å². The van der Waals surface area contributed by atoms with Crippen LogP contribution in [0.5, 0.6) is 0 Å². The maximum Gasteiger partial charge on any atom is 0.417 e. The summed E-state index contributed by atoms with van der Waals surface area (Å²) in [5, 5.41) is 82.7. The number of benzene rings is 8. The zero-order valence-electron chi connectivity index (χ0n) is 44.3. The molecular weight excluding hydrogens is 1090 g/mol. The van der Waals surface area contributed by atoms with Gasteiger partial charge in [0.05, 0.1) is 115 Å². The number of halogens is 6. The van der Waals surface area contributed by atoms with E-state index in [1.807, 2.05) is 0 Å². The van der Waals surface area contributed by atoms with Crippen LogP contribution >= 0.6 is 0 Å². The van der Waals surface area contributed by atoms with Crippen LogP contribution in [0.2, 0.25) is 0 Å². The first-order valence-electron chi connectivity index (χ1n) is 26.1. The van der Waals surface area contributed by atoms with Gasteiger partial charge in [0, 0.05) is 56.9 Å². The molecule has 0 saturated heterocycles. The Bertz CT molecular complexity index is 5040. The molecule has 0 aliphatic heterocycles. The van der Waals surface area contributed by atoms with E-state index in [2.05, 4.69) is 48.6 Å². The molecule has 0 radical (unpaired) electrons. The zero-order valence-corrected chi connectivity index (χ0v) is 44.3. The van der Waals surface area contributed by atoms with E-state index in [0.29, 0.717) is 98.6 Å². The number of nitriles is 8. The molecule has 404 valence electrons. The van der Waals surface area contributed by atoms with Crippen molar-refractivity contribution in [3.63, 3.8) is 0 Å². The molecule has 0 fully saturated rings. The second-order valence-electron chi connectivity index (χ2n) is 20.5. The third kappa shape index (κ3) is 9.51. The average molecular weight is 1130 g/mol. The molecule has 0 N–H and O–H groups in total. The quantitative estimate of drug-likeness (QED) is 0.151. The van der Waals surface area contributed by atoms with E-state index >= 15 is 26.3 Å². The van der Waals surface area contributed by atoms with E-state index < -0.39 is 34.6 Å². The fraction of sp³-hybridized carbons (Fsp3) is 0.0571. The Hall–Kier alpha value is -12.4. The molecule has 10 nitrogen and oxygen atoms in total. The van der Waals surface area contributed by atoms with Crippen LogP contribution in [0.3, 0.4) is 0 Å². The molecule has 0 atom stereocenters. The van der Waals surface area contributed by atoms with Crippen molar-refractivity contribution in [1.29, 1.82) is 42.1 Å². The summed E-state index contributed by atoms with van der Waals surface area (Å²) in [6, 6.07) is 52.7. The van der Waals surface area contributed by atoms with Gasteiger partial charge in [0.2, 0.25) is 0 Å². The lowest BCUT2D eigenvalue weighted by atomic mass is 9.93. The molecule has 0 bridgehead atoms. The van der Waals surface area contributed by atoms with Crippen LogP contribution < -0.4 is 10.4 Å². The van der Waals surface area contributed by atoms with Crippen molar-refractivity contribution in [3.8, 4) is 93.3 Å². The van der Waals surface area contributed by atoms with E-state index in [-0.39, 0.29) is 57.6 Å². The molecular formula is C70H32F6N10. The smallest absolute Gasteiger partial charge is 0.309 e. The summed E-state index contributed by atoms with van der Waals surface area (Å²) >= 11 is 0. The van der Waals surface area contributed by atoms with Crippen molar-refractivity contribution in [3.05, 3.63) is 236 Å². The Morgan fingerprint density at radius 1 is 0.326 bits per heavy atom. The standard InChI is InChI=1S/C70H32F6N10/c71-69(72,73)63-11-5-55(85-65-25-47(51-17-39(31-77)13-40(18-51)32-78)1-7-57(65)58-8-2-48(26-66(58)85)52-19-41(33-79)14-42(20-52)34-80)29-61(63)62-30-56(6-12-64(62)70(74,75)76)86-67-27-49(53-21-43(35-81)15-44(22-53)36-82)3-9-59(67)60-10-4-50(28-68(60)86)54-23-45(37-83)16-46(24-54)38-84/h1-21,23,25-30H,22,24H2. The van der Waals surface area contributed by atoms with Crippen molar-refractivity contribution in [1.82, 2.24) is 9.13 Å². The van der Waals surface area contributed by atoms with Crippen molar-refractivity contribution >= 4 is 54.8 Å². The fourth-order valence-corrected chi connectivity index (χ4v) is 11.6. The molecule has 2 aliphatic rings. The summed E-state index contributed by atoms with van der Waals surface area (Å²) in [4.78, 5) is 0. The summed E-state index contributed by atoms with van der Waals surface area (Å²) in [7, 11) is 0. The first-order valence-corrected chi connectivity index (χ1v) is 26.1. The largest absolute Gasteiger partial charge is 0.417 e. The van der Waals surface area contributed by atoms with Crippen molar-refractivity contribution in [2.45, 2.75) is 25.2 Å². The highest BCUT2D eigenvalue weighted by molar-refractivity contribution is 6.12. The Kier molecular flexibility index (Phi) is 13.1. The Balaban J connectivity index is 1.16. The third-order valence-electron chi connectivity index (χ3n) is 15.4. The van der Waals surface area contributed by atoms with Gasteiger partial charge in [-0.25, -0.2) is 0 Å². The lowest BCUT2D eigenvalue weighted by molar-refractivity contribution is -0.139. The predicted molar refractivity (Wildman–Crippen MR) is 310 cm³/mol. The van der Waals surface area contributed by atoms with Gasteiger partial charge in [0.15, 0.2) is 0 Å². The second-order valence-corrected chi connectivity index (χ2v) is 20.5. The predicted octanol–water partition coefficient (Wildman–Crippen LogP) is 15.3. The molecule has 2 aliphatic carbocycles. The van der Waals surface area contributed by atoms with Crippen LogP contribution in [-0.2, 0) is 12.4 Å². The van der Waals surface area contributed by atoms with Crippen LogP contribution in [0.15, 0.2) is 192 Å². The van der Waals surface area contributed by atoms with E-state index in [9.17, 15) is 42.1 Å². The van der Waals surface area contributed by atoms with E-state index in [1.165, 1.54) is 30.4 Å². The lowest BCUT2D eigenvalue weighted by Gasteiger charge is -2.21. The molecule has 0 unspecified atom stereocenters. The van der Waals surface area contributed by atoms with Crippen molar-refractivity contribution < 1.29 is 26.3 Å². The summed E-state index contributed by atoms with van der Waals surface area (Å²) in [6.45, 7) is 0. The summed E-state index contributed by atoms with van der Waals surface area (Å²) < 4.78 is 98.2. The van der Waals surface area contributed by atoms with Crippen LogP contribution in [0.25, 0.3) is 99.5 Å². The fourth-order valence-electron chi connectivity index (χ4n) is 11.6.